The van der Waals surface area contributed by atoms with Gasteiger partial charge in [-0.15, -0.1) is 6.58 Å². The molecule has 4 N–H and O–H groups in total. The molecule has 0 radical (unpaired) electrons. The number of likely N-dealkylation sites (tertiary alicyclic amines) is 1. The van der Waals surface area contributed by atoms with Gasteiger partial charge in [0.05, 0.1) is 12.1 Å². The van der Waals surface area contributed by atoms with Crippen molar-refractivity contribution in [1.82, 2.24) is 15.5 Å². The fourth-order valence-electron chi connectivity index (χ4n) is 4.64. The Bertz CT molecular complexity index is 657. The Morgan fingerprint density at radius 2 is 1.87 bits per heavy atom. The van der Waals surface area contributed by atoms with Crippen LogP contribution in [0.4, 0.5) is 0 Å². The van der Waals surface area contributed by atoms with E-state index in [1.807, 2.05) is 0 Å². The monoisotopic (exact) mass is 432 g/mol. The minimum atomic E-state index is -0.538. The lowest BCUT2D eigenvalue weighted by Gasteiger charge is -2.32. The van der Waals surface area contributed by atoms with Gasteiger partial charge in [-0.3, -0.25) is 14.4 Å². The van der Waals surface area contributed by atoms with E-state index in [0.717, 1.165) is 44.9 Å². The third-order valence-corrected chi connectivity index (χ3v) is 6.56. The van der Waals surface area contributed by atoms with Gasteiger partial charge in [0.15, 0.2) is 0 Å². The fraction of sp³-hybridized carbons (Fsp3) is 0.708. The summed E-state index contributed by atoms with van der Waals surface area (Å²) in [5.41, 5.74) is 6.67. The average molecular weight is 433 g/mol. The topological polar surface area (TPSA) is 105 Å². The summed E-state index contributed by atoms with van der Waals surface area (Å²) in [5.74, 6) is -0.422. The Morgan fingerprint density at radius 1 is 1.16 bits per heavy atom. The van der Waals surface area contributed by atoms with Crippen LogP contribution in [0.2, 0.25) is 0 Å². The predicted molar refractivity (Wildman–Crippen MR) is 123 cm³/mol. The van der Waals surface area contributed by atoms with Crippen LogP contribution in [0.5, 0.6) is 0 Å². The number of hydrogen-bond acceptors (Lipinski definition) is 4. The smallest absolute Gasteiger partial charge is 0.248 e. The first-order valence-corrected chi connectivity index (χ1v) is 11.8. The van der Waals surface area contributed by atoms with Crippen molar-refractivity contribution in [2.75, 3.05) is 13.1 Å². The number of unbranched alkanes of at least 4 members (excludes halogenated alkanes) is 1. The number of rotatable bonds is 11. The van der Waals surface area contributed by atoms with Gasteiger partial charge in [-0.05, 0) is 38.0 Å². The molecule has 1 heterocycles. The molecule has 2 fully saturated rings. The number of amides is 3. The molecular formula is C24H40N4O3. The van der Waals surface area contributed by atoms with Gasteiger partial charge in [-0.2, -0.15) is 0 Å². The maximum Gasteiger partial charge on any atom is 0.248 e. The Balaban J connectivity index is 2.03. The van der Waals surface area contributed by atoms with E-state index in [2.05, 4.69) is 30.7 Å². The van der Waals surface area contributed by atoms with Crippen LogP contribution in [0.3, 0.4) is 0 Å². The van der Waals surface area contributed by atoms with Crippen LogP contribution >= 0.6 is 0 Å². The number of hydrogen-bond donors (Lipinski definition) is 3. The molecule has 1 unspecified atom stereocenters. The van der Waals surface area contributed by atoms with Crippen molar-refractivity contribution in [2.45, 2.75) is 89.3 Å². The SMILES string of the molecule is C=CCNC(=O)C(=C)C(CCCC)NC(=O)[C@@H]1CCCN1C(=O)[C@@H](N)C1CCCCC1. The molecule has 174 valence electrons. The molecule has 1 aliphatic heterocycles. The van der Waals surface area contributed by atoms with Gasteiger partial charge < -0.3 is 21.3 Å². The van der Waals surface area contributed by atoms with Crippen LogP contribution in [-0.2, 0) is 14.4 Å². The zero-order chi connectivity index (χ0) is 22.8. The quantitative estimate of drug-likeness (QED) is 0.344. The first-order chi connectivity index (χ1) is 14.9. The molecule has 1 saturated carbocycles. The molecule has 0 aromatic carbocycles. The minimum Gasteiger partial charge on any atom is -0.349 e. The van der Waals surface area contributed by atoms with Crippen molar-refractivity contribution < 1.29 is 14.4 Å². The Morgan fingerprint density at radius 3 is 2.52 bits per heavy atom. The number of carbonyl (C=O) groups excluding carboxylic acids is 3. The van der Waals surface area contributed by atoms with E-state index in [1.54, 1.807) is 11.0 Å². The number of nitrogens with zero attached hydrogens (tertiary/aromatic N) is 1. The van der Waals surface area contributed by atoms with Gasteiger partial charge in [-0.25, -0.2) is 0 Å². The highest BCUT2D eigenvalue weighted by Gasteiger charge is 2.39. The molecule has 7 nitrogen and oxygen atoms in total. The average Bonchev–Trinajstić information content (AvgIpc) is 3.29. The second kappa shape index (κ2) is 12.6. The van der Waals surface area contributed by atoms with E-state index >= 15 is 0 Å². The predicted octanol–water partition coefficient (Wildman–Crippen LogP) is 2.42. The molecule has 3 atom stereocenters. The standard InChI is InChI=1S/C24H40N4O3/c1-4-6-13-19(17(3)22(29)26-15-5-2)27-23(30)20-14-10-16-28(20)24(31)21(25)18-11-8-7-9-12-18/h5,18-21H,2-4,6-16,25H2,1H3,(H,26,29)(H,27,30)/t19?,20-,21-/m0/s1. The van der Waals surface area contributed by atoms with Crippen molar-refractivity contribution in [3.8, 4) is 0 Å². The summed E-state index contributed by atoms with van der Waals surface area (Å²) in [6, 6.07) is -1.53. The molecule has 2 rings (SSSR count). The minimum absolute atomic E-state index is 0.114. The molecule has 0 aromatic rings. The summed E-state index contributed by atoms with van der Waals surface area (Å²) in [5, 5.41) is 5.72. The summed E-state index contributed by atoms with van der Waals surface area (Å²) < 4.78 is 0. The number of nitrogens with two attached hydrogens (primary N) is 1. The van der Waals surface area contributed by atoms with Crippen molar-refractivity contribution in [1.29, 1.82) is 0 Å². The zero-order valence-corrected chi connectivity index (χ0v) is 19.0. The van der Waals surface area contributed by atoms with Gasteiger partial charge in [0.1, 0.15) is 6.04 Å². The third kappa shape index (κ3) is 6.92. The van der Waals surface area contributed by atoms with Crippen molar-refractivity contribution >= 4 is 17.7 Å². The zero-order valence-electron chi connectivity index (χ0n) is 19.0. The molecule has 0 spiro atoms. The van der Waals surface area contributed by atoms with Crippen LogP contribution in [0.1, 0.15) is 71.1 Å². The van der Waals surface area contributed by atoms with Crippen LogP contribution in [0, 0.1) is 5.92 Å². The maximum atomic E-state index is 13.1. The highest BCUT2D eigenvalue weighted by atomic mass is 16.2. The summed E-state index contributed by atoms with van der Waals surface area (Å²) in [6.45, 7) is 10.5. The summed E-state index contributed by atoms with van der Waals surface area (Å²) >= 11 is 0. The largest absolute Gasteiger partial charge is 0.349 e. The van der Waals surface area contributed by atoms with Crippen LogP contribution in [0.15, 0.2) is 24.8 Å². The molecule has 0 aromatic heterocycles. The Kier molecular flexibility index (Phi) is 10.2. The third-order valence-electron chi connectivity index (χ3n) is 6.56. The lowest BCUT2D eigenvalue weighted by atomic mass is 9.83. The van der Waals surface area contributed by atoms with E-state index in [4.69, 9.17) is 5.73 Å². The van der Waals surface area contributed by atoms with Gasteiger partial charge >= 0.3 is 0 Å². The van der Waals surface area contributed by atoms with Crippen molar-refractivity contribution in [3.63, 3.8) is 0 Å². The highest BCUT2D eigenvalue weighted by Crippen LogP contribution is 2.28. The van der Waals surface area contributed by atoms with E-state index in [1.165, 1.54) is 6.42 Å². The molecule has 1 saturated heterocycles. The molecule has 1 aliphatic carbocycles. The normalized spacial score (nSPS) is 21.2. The summed E-state index contributed by atoms with van der Waals surface area (Å²) in [6.07, 6.45) is 10.8. The Labute approximate surface area is 186 Å². The van der Waals surface area contributed by atoms with Crippen LogP contribution in [-0.4, -0.2) is 53.8 Å². The van der Waals surface area contributed by atoms with Crippen molar-refractivity contribution in [3.05, 3.63) is 24.8 Å². The second-order valence-corrected chi connectivity index (χ2v) is 8.84. The molecule has 3 amide bonds. The molecule has 2 aliphatic rings. The van der Waals surface area contributed by atoms with E-state index in [0.29, 0.717) is 31.5 Å². The first kappa shape index (κ1) is 25.1. The van der Waals surface area contributed by atoms with E-state index < -0.39 is 18.1 Å². The molecule has 31 heavy (non-hydrogen) atoms. The number of nitrogens with one attached hydrogen (secondary N) is 2. The van der Waals surface area contributed by atoms with Crippen molar-refractivity contribution in [2.24, 2.45) is 11.7 Å². The molecule has 0 bridgehead atoms. The van der Waals surface area contributed by atoms with Crippen LogP contribution in [0.25, 0.3) is 0 Å². The lowest BCUT2D eigenvalue weighted by Crippen LogP contribution is -2.55. The summed E-state index contributed by atoms with van der Waals surface area (Å²) in [7, 11) is 0. The fourth-order valence-corrected chi connectivity index (χ4v) is 4.64. The van der Waals surface area contributed by atoms with E-state index in [9.17, 15) is 14.4 Å². The number of carbonyl (C=O) groups is 3. The van der Waals surface area contributed by atoms with Gasteiger partial charge in [0.2, 0.25) is 17.7 Å². The molecular weight excluding hydrogens is 392 g/mol. The Hall–Kier alpha value is -2.15. The van der Waals surface area contributed by atoms with E-state index in [-0.39, 0.29) is 23.6 Å². The maximum absolute atomic E-state index is 13.1. The van der Waals surface area contributed by atoms with Gasteiger partial charge in [-0.1, -0.05) is 51.7 Å². The second-order valence-electron chi connectivity index (χ2n) is 8.84. The van der Waals surface area contributed by atoms with Gasteiger partial charge in [0.25, 0.3) is 0 Å². The first-order valence-electron chi connectivity index (χ1n) is 11.8. The lowest BCUT2D eigenvalue weighted by molar-refractivity contribution is -0.140. The van der Waals surface area contributed by atoms with Gasteiger partial charge in [0, 0.05) is 18.7 Å². The van der Waals surface area contributed by atoms with Crippen LogP contribution < -0.4 is 16.4 Å². The summed E-state index contributed by atoms with van der Waals surface area (Å²) in [4.78, 5) is 40.3. The molecule has 7 heteroatoms. The highest BCUT2D eigenvalue weighted by molar-refractivity contribution is 5.96.